The first kappa shape index (κ1) is 15.6. The van der Waals surface area contributed by atoms with Crippen LogP contribution in [-0.2, 0) is 0 Å². The van der Waals surface area contributed by atoms with Crippen molar-refractivity contribution in [1.82, 2.24) is 0 Å². The molecule has 120 valence electrons. The van der Waals surface area contributed by atoms with Gasteiger partial charge in [0.2, 0.25) is 0 Å². The number of carbonyl (C=O) groups is 2. The quantitative estimate of drug-likeness (QED) is 0.591. The van der Waals surface area contributed by atoms with Crippen molar-refractivity contribution in [2.45, 2.75) is 0 Å². The largest absolute Gasteiger partial charge is 0.497 e. The summed E-state index contributed by atoms with van der Waals surface area (Å²) < 4.78 is 10.5. The normalized spacial score (nSPS) is 10.4. The van der Waals surface area contributed by atoms with Gasteiger partial charge in [0.1, 0.15) is 11.5 Å². The van der Waals surface area contributed by atoms with E-state index in [-0.39, 0.29) is 11.3 Å². The first-order chi connectivity index (χ1) is 11.6. The molecule has 3 rings (SSSR count). The Hall–Kier alpha value is -3.34. The minimum absolute atomic E-state index is 0.0695. The zero-order valence-electron chi connectivity index (χ0n) is 13.0. The summed E-state index contributed by atoms with van der Waals surface area (Å²) in [5, 5.41) is 1.95. The van der Waals surface area contributed by atoms with Gasteiger partial charge >= 0.3 is 5.97 Å². The molecule has 0 unspecified atom stereocenters. The van der Waals surface area contributed by atoms with Crippen LogP contribution in [-0.4, -0.2) is 19.0 Å². The standard InChI is InChI=1S/C19H15NO4/c1-23-15-8-9-16(18(20)21)17(11-15)24-19(22)14-7-6-12-4-2-3-5-13(12)10-14/h2-11H,1H3,(H2,20,21). The van der Waals surface area contributed by atoms with Crippen LogP contribution in [0.1, 0.15) is 20.7 Å². The Bertz CT molecular complexity index is 934. The van der Waals surface area contributed by atoms with Gasteiger partial charge in [0.05, 0.1) is 18.2 Å². The van der Waals surface area contributed by atoms with Crippen LogP contribution < -0.4 is 15.2 Å². The highest BCUT2D eigenvalue weighted by molar-refractivity contribution is 5.99. The predicted octanol–water partition coefficient (Wildman–Crippen LogP) is 3.17. The van der Waals surface area contributed by atoms with E-state index < -0.39 is 11.9 Å². The van der Waals surface area contributed by atoms with Crippen LogP contribution in [0, 0.1) is 0 Å². The van der Waals surface area contributed by atoms with Gasteiger partial charge in [0, 0.05) is 6.07 Å². The number of methoxy groups -OCH3 is 1. The van der Waals surface area contributed by atoms with Gasteiger partial charge in [-0.25, -0.2) is 4.79 Å². The molecule has 0 aliphatic heterocycles. The third kappa shape index (κ3) is 3.05. The third-order valence-electron chi connectivity index (χ3n) is 3.64. The molecule has 3 aromatic carbocycles. The van der Waals surface area contributed by atoms with Gasteiger partial charge in [-0.3, -0.25) is 4.79 Å². The second kappa shape index (κ2) is 6.42. The number of hydrogen-bond acceptors (Lipinski definition) is 4. The van der Waals surface area contributed by atoms with Crippen LogP contribution in [0.15, 0.2) is 60.7 Å². The Kier molecular flexibility index (Phi) is 4.16. The zero-order valence-corrected chi connectivity index (χ0v) is 13.0. The molecule has 0 fully saturated rings. The predicted molar refractivity (Wildman–Crippen MR) is 90.4 cm³/mol. The Morgan fingerprint density at radius 3 is 2.38 bits per heavy atom. The van der Waals surface area contributed by atoms with Gasteiger partial charge < -0.3 is 15.2 Å². The Balaban J connectivity index is 1.94. The molecule has 24 heavy (non-hydrogen) atoms. The average molecular weight is 321 g/mol. The molecule has 0 aromatic heterocycles. The molecule has 5 nitrogen and oxygen atoms in total. The van der Waals surface area contributed by atoms with E-state index in [0.29, 0.717) is 11.3 Å². The lowest BCUT2D eigenvalue weighted by atomic mass is 10.1. The van der Waals surface area contributed by atoms with Crippen LogP contribution in [0.3, 0.4) is 0 Å². The molecule has 5 heteroatoms. The number of fused-ring (bicyclic) bond motifs is 1. The average Bonchev–Trinajstić information content (AvgIpc) is 2.60. The van der Waals surface area contributed by atoms with Crippen molar-refractivity contribution in [3.63, 3.8) is 0 Å². The van der Waals surface area contributed by atoms with Gasteiger partial charge in [-0.2, -0.15) is 0 Å². The minimum Gasteiger partial charge on any atom is -0.497 e. The maximum atomic E-state index is 12.4. The second-order valence-electron chi connectivity index (χ2n) is 5.18. The molecule has 0 radical (unpaired) electrons. The minimum atomic E-state index is -0.682. The Morgan fingerprint density at radius 2 is 1.67 bits per heavy atom. The molecule has 0 spiro atoms. The van der Waals surface area contributed by atoms with Crippen LogP contribution in [0.4, 0.5) is 0 Å². The fourth-order valence-electron chi connectivity index (χ4n) is 2.39. The number of carbonyl (C=O) groups excluding carboxylic acids is 2. The third-order valence-corrected chi connectivity index (χ3v) is 3.64. The van der Waals surface area contributed by atoms with Gasteiger partial charge in [-0.15, -0.1) is 0 Å². The van der Waals surface area contributed by atoms with E-state index in [1.807, 2.05) is 30.3 Å². The van der Waals surface area contributed by atoms with Crippen LogP contribution in [0.2, 0.25) is 0 Å². The number of primary amides is 1. The number of hydrogen-bond donors (Lipinski definition) is 1. The SMILES string of the molecule is COc1ccc(C(N)=O)c(OC(=O)c2ccc3ccccc3c2)c1. The number of amides is 1. The fraction of sp³-hybridized carbons (Fsp3) is 0.0526. The van der Waals surface area contributed by atoms with Crippen molar-refractivity contribution in [3.05, 3.63) is 71.8 Å². The smallest absolute Gasteiger partial charge is 0.343 e. The molecule has 0 bridgehead atoms. The number of benzene rings is 3. The summed E-state index contributed by atoms with van der Waals surface area (Å²) in [6.07, 6.45) is 0. The highest BCUT2D eigenvalue weighted by atomic mass is 16.5. The van der Waals surface area contributed by atoms with Crippen molar-refractivity contribution in [1.29, 1.82) is 0 Å². The molecule has 0 heterocycles. The summed E-state index contributed by atoms with van der Waals surface area (Å²) in [5.41, 5.74) is 5.82. The molecule has 0 saturated carbocycles. The second-order valence-corrected chi connectivity index (χ2v) is 5.18. The van der Waals surface area contributed by atoms with E-state index in [9.17, 15) is 9.59 Å². The van der Waals surface area contributed by atoms with E-state index in [2.05, 4.69) is 0 Å². The molecular weight excluding hydrogens is 306 g/mol. The molecule has 3 aromatic rings. The summed E-state index contributed by atoms with van der Waals surface area (Å²) in [4.78, 5) is 23.9. The number of rotatable bonds is 4. The number of esters is 1. The molecule has 0 aliphatic rings. The summed E-state index contributed by atoms with van der Waals surface area (Å²) in [7, 11) is 1.48. The molecule has 1 amide bonds. The first-order valence-electron chi connectivity index (χ1n) is 7.27. The number of ether oxygens (including phenoxy) is 2. The van der Waals surface area contributed by atoms with E-state index in [0.717, 1.165) is 10.8 Å². The van der Waals surface area contributed by atoms with E-state index in [4.69, 9.17) is 15.2 Å². The van der Waals surface area contributed by atoms with Crippen molar-refractivity contribution >= 4 is 22.6 Å². The highest BCUT2D eigenvalue weighted by Crippen LogP contribution is 2.26. The lowest BCUT2D eigenvalue weighted by Crippen LogP contribution is -2.16. The van der Waals surface area contributed by atoms with Crippen molar-refractivity contribution in [3.8, 4) is 11.5 Å². The molecule has 0 atom stereocenters. The summed E-state index contributed by atoms with van der Waals surface area (Å²) in [5.74, 6) is -0.725. The van der Waals surface area contributed by atoms with Crippen molar-refractivity contribution in [2.24, 2.45) is 5.73 Å². The molecule has 0 saturated heterocycles. The van der Waals surface area contributed by atoms with Crippen LogP contribution in [0.5, 0.6) is 11.5 Å². The van der Waals surface area contributed by atoms with E-state index in [1.54, 1.807) is 18.2 Å². The zero-order chi connectivity index (χ0) is 17.1. The lowest BCUT2D eigenvalue weighted by molar-refractivity contribution is 0.0732. The maximum absolute atomic E-state index is 12.4. The summed E-state index contributed by atoms with van der Waals surface area (Å²) >= 11 is 0. The molecule has 2 N–H and O–H groups in total. The first-order valence-corrected chi connectivity index (χ1v) is 7.27. The van der Waals surface area contributed by atoms with Crippen molar-refractivity contribution < 1.29 is 19.1 Å². The van der Waals surface area contributed by atoms with Crippen LogP contribution >= 0.6 is 0 Å². The fourth-order valence-corrected chi connectivity index (χ4v) is 2.39. The molecular formula is C19H15NO4. The molecule has 0 aliphatic carbocycles. The monoisotopic (exact) mass is 321 g/mol. The van der Waals surface area contributed by atoms with Gasteiger partial charge in [0.15, 0.2) is 0 Å². The van der Waals surface area contributed by atoms with E-state index in [1.165, 1.54) is 19.2 Å². The lowest BCUT2D eigenvalue weighted by Gasteiger charge is -2.10. The summed E-state index contributed by atoms with van der Waals surface area (Å²) in [6, 6.07) is 17.4. The summed E-state index contributed by atoms with van der Waals surface area (Å²) in [6.45, 7) is 0. The van der Waals surface area contributed by atoms with Crippen molar-refractivity contribution in [2.75, 3.05) is 7.11 Å². The number of nitrogens with two attached hydrogens (primary N) is 1. The maximum Gasteiger partial charge on any atom is 0.343 e. The van der Waals surface area contributed by atoms with E-state index >= 15 is 0 Å². The van der Waals surface area contributed by atoms with Gasteiger partial charge in [0.25, 0.3) is 5.91 Å². The Labute approximate surface area is 138 Å². The van der Waals surface area contributed by atoms with Gasteiger partial charge in [-0.1, -0.05) is 30.3 Å². The topological polar surface area (TPSA) is 78.6 Å². The highest BCUT2D eigenvalue weighted by Gasteiger charge is 2.16. The van der Waals surface area contributed by atoms with Crippen LogP contribution in [0.25, 0.3) is 10.8 Å². The Morgan fingerprint density at radius 1 is 0.917 bits per heavy atom. The van der Waals surface area contributed by atoms with Gasteiger partial charge in [-0.05, 0) is 35.0 Å².